The van der Waals surface area contributed by atoms with Crippen molar-refractivity contribution in [2.45, 2.75) is 57.6 Å². The van der Waals surface area contributed by atoms with Gasteiger partial charge in [0.2, 0.25) is 0 Å². The third-order valence-corrected chi connectivity index (χ3v) is 5.54. The monoisotopic (exact) mass is 342 g/mol. The Balaban J connectivity index is 1.77. The lowest BCUT2D eigenvalue weighted by Crippen LogP contribution is -2.49. The summed E-state index contributed by atoms with van der Waals surface area (Å²) < 4.78 is 6.08. The SMILES string of the molecule is C=CCOC1CC2(CCN(C(=O)NC(C)C)CC2)c2ccc(C)cc21. The number of carbonyl (C=O) groups excluding carboxylic acids is 1. The van der Waals surface area contributed by atoms with Crippen LogP contribution in [0.3, 0.4) is 0 Å². The van der Waals surface area contributed by atoms with Crippen LogP contribution in [0.4, 0.5) is 4.79 Å². The minimum absolute atomic E-state index is 0.0615. The summed E-state index contributed by atoms with van der Waals surface area (Å²) in [4.78, 5) is 14.2. The third kappa shape index (κ3) is 3.59. The van der Waals surface area contributed by atoms with E-state index in [1.54, 1.807) is 0 Å². The van der Waals surface area contributed by atoms with Gasteiger partial charge in [-0.2, -0.15) is 0 Å². The number of urea groups is 1. The number of nitrogens with one attached hydrogen (secondary N) is 1. The maximum atomic E-state index is 12.3. The van der Waals surface area contributed by atoms with Crippen LogP contribution in [-0.4, -0.2) is 36.7 Å². The van der Waals surface area contributed by atoms with Gasteiger partial charge in [0.25, 0.3) is 0 Å². The largest absolute Gasteiger partial charge is 0.369 e. The maximum absolute atomic E-state index is 12.3. The molecule has 1 saturated heterocycles. The van der Waals surface area contributed by atoms with Gasteiger partial charge in [0.05, 0.1) is 12.7 Å². The van der Waals surface area contributed by atoms with Crippen LogP contribution in [0.2, 0.25) is 0 Å². The van der Waals surface area contributed by atoms with Gasteiger partial charge in [0.15, 0.2) is 0 Å². The number of nitrogens with zero attached hydrogens (tertiary/aromatic N) is 1. The number of fused-ring (bicyclic) bond motifs is 2. The molecule has 1 aromatic rings. The highest BCUT2D eigenvalue weighted by Crippen LogP contribution is 2.52. The molecule has 0 bridgehead atoms. The highest BCUT2D eigenvalue weighted by Gasteiger charge is 2.46. The van der Waals surface area contributed by atoms with E-state index in [-0.39, 0.29) is 23.6 Å². The third-order valence-electron chi connectivity index (χ3n) is 5.54. The predicted molar refractivity (Wildman–Crippen MR) is 101 cm³/mol. The van der Waals surface area contributed by atoms with E-state index in [2.05, 4.69) is 37.0 Å². The molecule has 136 valence electrons. The summed E-state index contributed by atoms with van der Waals surface area (Å²) in [6.07, 6.45) is 4.98. The van der Waals surface area contributed by atoms with Crippen LogP contribution < -0.4 is 5.32 Å². The van der Waals surface area contributed by atoms with E-state index >= 15 is 0 Å². The zero-order valence-electron chi connectivity index (χ0n) is 15.7. The minimum atomic E-state index is 0.0615. The van der Waals surface area contributed by atoms with Crippen LogP contribution in [0.5, 0.6) is 0 Å². The Morgan fingerprint density at radius 1 is 1.44 bits per heavy atom. The zero-order valence-corrected chi connectivity index (χ0v) is 15.7. The molecule has 1 N–H and O–H groups in total. The Morgan fingerprint density at radius 3 is 2.80 bits per heavy atom. The number of piperidine rings is 1. The molecule has 2 amide bonds. The first-order chi connectivity index (χ1) is 11.9. The quantitative estimate of drug-likeness (QED) is 0.837. The van der Waals surface area contributed by atoms with Crippen molar-refractivity contribution in [2.75, 3.05) is 19.7 Å². The lowest BCUT2D eigenvalue weighted by Gasteiger charge is -2.40. The first kappa shape index (κ1) is 18.0. The molecule has 1 aliphatic heterocycles. The van der Waals surface area contributed by atoms with Gasteiger partial charge in [0, 0.05) is 24.5 Å². The average molecular weight is 342 g/mol. The number of hydrogen-bond acceptors (Lipinski definition) is 2. The average Bonchev–Trinajstić information content (AvgIpc) is 2.86. The summed E-state index contributed by atoms with van der Waals surface area (Å²) in [5, 5.41) is 3.01. The molecule has 0 saturated carbocycles. The Kier molecular flexibility index (Phi) is 5.19. The molecular formula is C21H30N2O2. The van der Waals surface area contributed by atoms with Gasteiger partial charge in [-0.05, 0) is 51.2 Å². The number of amides is 2. The molecule has 1 atom stereocenters. The maximum Gasteiger partial charge on any atom is 0.317 e. The fraction of sp³-hybridized carbons (Fsp3) is 0.571. The van der Waals surface area contributed by atoms with Gasteiger partial charge < -0.3 is 15.0 Å². The fourth-order valence-corrected chi connectivity index (χ4v) is 4.29. The van der Waals surface area contributed by atoms with Gasteiger partial charge in [-0.25, -0.2) is 4.79 Å². The first-order valence-corrected chi connectivity index (χ1v) is 9.34. The number of carbonyl (C=O) groups is 1. The van der Waals surface area contributed by atoms with Crippen molar-refractivity contribution >= 4 is 6.03 Å². The number of likely N-dealkylation sites (tertiary alicyclic amines) is 1. The molecule has 1 unspecified atom stereocenters. The molecule has 3 rings (SSSR count). The Morgan fingerprint density at radius 2 is 2.16 bits per heavy atom. The molecule has 0 aromatic heterocycles. The van der Waals surface area contributed by atoms with Crippen LogP contribution >= 0.6 is 0 Å². The normalized spacial score (nSPS) is 21.4. The smallest absolute Gasteiger partial charge is 0.317 e. The first-order valence-electron chi connectivity index (χ1n) is 9.34. The molecule has 4 heteroatoms. The van der Waals surface area contributed by atoms with Crippen LogP contribution in [-0.2, 0) is 10.2 Å². The van der Waals surface area contributed by atoms with Gasteiger partial charge in [-0.15, -0.1) is 6.58 Å². The second-order valence-corrected chi connectivity index (χ2v) is 7.78. The van der Waals surface area contributed by atoms with Crippen LogP contribution in [0, 0.1) is 6.92 Å². The molecule has 4 nitrogen and oxygen atoms in total. The number of aryl methyl sites for hydroxylation is 1. The van der Waals surface area contributed by atoms with Crippen LogP contribution in [0.1, 0.15) is 55.9 Å². The van der Waals surface area contributed by atoms with E-state index in [4.69, 9.17) is 4.74 Å². The summed E-state index contributed by atoms with van der Waals surface area (Å²) in [7, 11) is 0. The van der Waals surface area contributed by atoms with E-state index < -0.39 is 0 Å². The fourth-order valence-electron chi connectivity index (χ4n) is 4.29. The van der Waals surface area contributed by atoms with Crippen LogP contribution in [0.25, 0.3) is 0 Å². The van der Waals surface area contributed by atoms with Crippen molar-refractivity contribution in [2.24, 2.45) is 0 Å². The Hall–Kier alpha value is -1.81. The minimum Gasteiger partial charge on any atom is -0.369 e. The highest BCUT2D eigenvalue weighted by atomic mass is 16.5. The molecule has 1 aliphatic carbocycles. The molecular weight excluding hydrogens is 312 g/mol. The molecule has 2 aliphatic rings. The van der Waals surface area contributed by atoms with Crippen molar-refractivity contribution in [3.8, 4) is 0 Å². The second-order valence-electron chi connectivity index (χ2n) is 7.78. The lowest BCUT2D eigenvalue weighted by molar-refractivity contribution is 0.0519. The van der Waals surface area contributed by atoms with Gasteiger partial charge >= 0.3 is 6.03 Å². The summed E-state index contributed by atoms with van der Waals surface area (Å²) in [5.74, 6) is 0. The van der Waals surface area contributed by atoms with E-state index in [1.807, 2.05) is 24.8 Å². The standard InChI is InChI=1S/C21H30N2O2/c1-5-12-25-19-14-21(18-7-6-16(4)13-17(18)19)8-10-23(11-9-21)20(24)22-15(2)3/h5-7,13,15,19H,1,8-12,14H2,2-4H3,(H,22,24). The number of hydrogen-bond donors (Lipinski definition) is 1. The summed E-state index contributed by atoms with van der Waals surface area (Å²) in [6.45, 7) is 12.1. The van der Waals surface area contributed by atoms with Crippen molar-refractivity contribution in [3.05, 3.63) is 47.5 Å². The lowest BCUT2D eigenvalue weighted by atomic mass is 9.73. The summed E-state index contributed by atoms with van der Waals surface area (Å²) in [5.41, 5.74) is 4.18. The molecule has 1 spiro atoms. The molecule has 1 heterocycles. The second kappa shape index (κ2) is 7.20. The molecule has 1 fully saturated rings. The highest BCUT2D eigenvalue weighted by molar-refractivity contribution is 5.74. The van der Waals surface area contributed by atoms with E-state index in [1.165, 1.54) is 16.7 Å². The Bertz CT molecular complexity index is 645. The molecule has 1 aromatic carbocycles. The Labute approximate surface area is 151 Å². The number of rotatable bonds is 4. The van der Waals surface area contributed by atoms with Gasteiger partial charge in [0.1, 0.15) is 0 Å². The topological polar surface area (TPSA) is 41.6 Å². The van der Waals surface area contributed by atoms with E-state index in [9.17, 15) is 4.79 Å². The van der Waals surface area contributed by atoms with Crippen molar-refractivity contribution < 1.29 is 9.53 Å². The molecule has 25 heavy (non-hydrogen) atoms. The molecule has 0 radical (unpaired) electrons. The summed E-state index contributed by atoms with van der Waals surface area (Å²) in [6, 6.07) is 7.00. The summed E-state index contributed by atoms with van der Waals surface area (Å²) >= 11 is 0. The van der Waals surface area contributed by atoms with Crippen LogP contribution in [0.15, 0.2) is 30.9 Å². The van der Waals surface area contributed by atoms with E-state index in [0.717, 1.165) is 32.4 Å². The number of ether oxygens (including phenoxy) is 1. The predicted octanol–water partition coefficient (Wildman–Crippen LogP) is 4.09. The van der Waals surface area contributed by atoms with Gasteiger partial charge in [-0.3, -0.25) is 0 Å². The van der Waals surface area contributed by atoms with Crippen molar-refractivity contribution in [1.82, 2.24) is 10.2 Å². The number of benzene rings is 1. The van der Waals surface area contributed by atoms with E-state index in [0.29, 0.717) is 6.61 Å². The van der Waals surface area contributed by atoms with Gasteiger partial charge in [-0.1, -0.05) is 29.8 Å². The zero-order chi connectivity index (χ0) is 18.0. The van der Waals surface area contributed by atoms with Crippen molar-refractivity contribution in [1.29, 1.82) is 0 Å². The van der Waals surface area contributed by atoms with Crippen molar-refractivity contribution in [3.63, 3.8) is 0 Å².